The second-order valence-corrected chi connectivity index (χ2v) is 7.00. The third-order valence-corrected chi connectivity index (χ3v) is 4.99. The third kappa shape index (κ3) is 5.44. The predicted octanol–water partition coefficient (Wildman–Crippen LogP) is 3.68. The van der Waals surface area contributed by atoms with Crippen molar-refractivity contribution >= 4 is 35.0 Å². The fourth-order valence-electron chi connectivity index (χ4n) is 2.06. The van der Waals surface area contributed by atoms with Gasteiger partial charge in [-0.05, 0) is 18.4 Å². The summed E-state index contributed by atoms with van der Waals surface area (Å²) in [7, 11) is -1.00. The van der Waals surface area contributed by atoms with Crippen molar-refractivity contribution in [2.24, 2.45) is 9.98 Å². The van der Waals surface area contributed by atoms with Gasteiger partial charge < -0.3 is 0 Å². The summed E-state index contributed by atoms with van der Waals surface area (Å²) in [4.78, 5) is 10.8. The van der Waals surface area contributed by atoms with Crippen LogP contribution in [0.3, 0.4) is 0 Å². The summed E-state index contributed by atoms with van der Waals surface area (Å²) in [5.41, 5.74) is 2.04. The van der Waals surface area contributed by atoms with Crippen LogP contribution in [0.15, 0.2) is 68.3 Å². The maximum absolute atomic E-state index is 11.6. The maximum atomic E-state index is 11.6. The molecule has 2 rings (SSSR count). The number of aliphatic imine (C=N–C) groups is 2. The van der Waals surface area contributed by atoms with E-state index in [1.54, 1.807) is 24.2 Å². The van der Waals surface area contributed by atoms with E-state index in [1.807, 2.05) is 42.6 Å². The van der Waals surface area contributed by atoms with Crippen molar-refractivity contribution < 1.29 is 4.21 Å². The molecule has 3 nitrogen and oxygen atoms in total. The summed E-state index contributed by atoms with van der Waals surface area (Å²) in [5, 5.41) is 0. The van der Waals surface area contributed by atoms with Crippen molar-refractivity contribution in [1.82, 2.24) is 0 Å². The van der Waals surface area contributed by atoms with Gasteiger partial charge >= 0.3 is 0 Å². The van der Waals surface area contributed by atoms with E-state index in [-0.39, 0.29) is 0 Å². The average molecular weight is 345 g/mol. The molecule has 0 heterocycles. The summed E-state index contributed by atoms with van der Waals surface area (Å²) in [6.07, 6.45) is 7.42. The molecule has 0 radical (unpaired) electrons. The lowest BCUT2D eigenvalue weighted by Crippen LogP contribution is -1.96. The Hall–Kier alpha value is -1.72. The SMILES string of the molecule is CSc1ccccc1C=NCCN=Cc1ccccc1[S@@](C)=O. The number of rotatable bonds is 7. The van der Waals surface area contributed by atoms with Crippen molar-refractivity contribution in [3.8, 4) is 0 Å². The monoisotopic (exact) mass is 344 g/mol. The molecule has 0 unspecified atom stereocenters. The second-order valence-electron chi connectivity index (χ2n) is 4.80. The topological polar surface area (TPSA) is 41.8 Å². The van der Waals surface area contributed by atoms with E-state index in [2.05, 4.69) is 28.4 Å². The lowest BCUT2D eigenvalue weighted by Gasteiger charge is -2.01. The van der Waals surface area contributed by atoms with Crippen molar-refractivity contribution in [2.75, 3.05) is 25.6 Å². The summed E-state index contributed by atoms with van der Waals surface area (Å²) in [5.74, 6) is 0. The quantitative estimate of drug-likeness (QED) is 0.437. The smallest absolute Gasteiger partial charge is 0.0585 e. The molecule has 2 aromatic rings. The highest BCUT2D eigenvalue weighted by Crippen LogP contribution is 2.17. The van der Waals surface area contributed by atoms with E-state index in [0.29, 0.717) is 13.1 Å². The van der Waals surface area contributed by atoms with Gasteiger partial charge in [-0.25, -0.2) is 0 Å². The van der Waals surface area contributed by atoms with Crippen molar-refractivity contribution in [2.45, 2.75) is 9.79 Å². The lowest BCUT2D eigenvalue weighted by atomic mass is 10.2. The van der Waals surface area contributed by atoms with Gasteiger partial charge in [-0.2, -0.15) is 0 Å². The molecule has 0 fully saturated rings. The molecule has 120 valence electrons. The van der Waals surface area contributed by atoms with Gasteiger partial charge in [-0.3, -0.25) is 14.2 Å². The lowest BCUT2D eigenvalue weighted by molar-refractivity contribution is 0.686. The van der Waals surface area contributed by atoms with Gasteiger partial charge in [0.1, 0.15) is 0 Å². The van der Waals surface area contributed by atoms with Crippen LogP contribution in [0.25, 0.3) is 0 Å². The number of nitrogens with zero attached hydrogens (tertiary/aromatic N) is 2. The molecule has 0 aromatic heterocycles. The van der Waals surface area contributed by atoms with Gasteiger partial charge in [-0.15, -0.1) is 11.8 Å². The molecule has 0 aliphatic carbocycles. The first-order valence-corrected chi connectivity index (χ1v) is 10.1. The summed E-state index contributed by atoms with van der Waals surface area (Å²) < 4.78 is 11.6. The molecule has 0 saturated carbocycles. The van der Waals surface area contributed by atoms with Gasteiger partial charge in [0.05, 0.1) is 23.9 Å². The molecule has 0 saturated heterocycles. The summed E-state index contributed by atoms with van der Waals surface area (Å²) in [6.45, 7) is 1.25. The van der Waals surface area contributed by atoms with Crippen molar-refractivity contribution in [3.05, 3.63) is 59.7 Å². The Balaban J connectivity index is 1.90. The Morgan fingerprint density at radius 2 is 1.52 bits per heavy atom. The van der Waals surface area contributed by atoms with E-state index in [9.17, 15) is 4.21 Å². The zero-order valence-electron chi connectivity index (χ0n) is 13.3. The Morgan fingerprint density at radius 3 is 2.17 bits per heavy atom. The van der Waals surface area contributed by atoms with Crippen LogP contribution in [0.1, 0.15) is 11.1 Å². The fourth-order valence-corrected chi connectivity index (χ4v) is 3.36. The van der Waals surface area contributed by atoms with Crippen molar-refractivity contribution in [3.63, 3.8) is 0 Å². The maximum Gasteiger partial charge on any atom is 0.0585 e. The number of hydrogen-bond donors (Lipinski definition) is 0. The van der Waals surface area contributed by atoms with Crippen LogP contribution in [0.4, 0.5) is 0 Å². The molecule has 23 heavy (non-hydrogen) atoms. The first-order chi connectivity index (χ1) is 11.2. The van der Waals surface area contributed by atoms with E-state index >= 15 is 0 Å². The van der Waals surface area contributed by atoms with Gasteiger partial charge in [0.2, 0.25) is 0 Å². The van der Waals surface area contributed by atoms with Crippen LogP contribution in [0.2, 0.25) is 0 Å². The largest absolute Gasteiger partial charge is 0.291 e. The first kappa shape index (κ1) is 17.6. The Kier molecular flexibility index (Phi) is 7.23. The van der Waals surface area contributed by atoms with Crippen LogP contribution in [-0.4, -0.2) is 42.2 Å². The van der Waals surface area contributed by atoms with Crippen LogP contribution < -0.4 is 0 Å². The minimum atomic E-state index is -1.00. The van der Waals surface area contributed by atoms with Crippen LogP contribution in [-0.2, 0) is 10.8 Å². The van der Waals surface area contributed by atoms with E-state index in [0.717, 1.165) is 16.0 Å². The van der Waals surface area contributed by atoms with Gasteiger partial charge in [0.15, 0.2) is 0 Å². The highest BCUT2D eigenvalue weighted by atomic mass is 32.2. The molecule has 5 heteroatoms. The average Bonchev–Trinajstić information content (AvgIpc) is 2.58. The highest BCUT2D eigenvalue weighted by molar-refractivity contribution is 7.98. The third-order valence-electron chi connectivity index (χ3n) is 3.19. The second kappa shape index (κ2) is 9.43. The highest BCUT2D eigenvalue weighted by Gasteiger charge is 2.01. The minimum Gasteiger partial charge on any atom is -0.291 e. The molecule has 0 N–H and O–H groups in total. The molecule has 0 spiro atoms. The number of benzene rings is 2. The van der Waals surface area contributed by atoms with Crippen LogP contribution in [0.5, 0.6) is 0 Å². The Labute approximate surface area is 144 Å². The first-order valence-electron chi connectivity index (χ1n) is 7.27. The summed E-state index contributed by atoms with van der Waals surface area (Å²) >= 11 is 1.72. The normalized spacial score (nSPS) is 13.0. The molecular formula is C18H20N2OS2. The van der Waals surface area contributed by atoms with Gasteiger partial charge in [0, 0.05) is 39.6 Å². The minimum absolute atomic E-state index is 0.614. The molecular weight excluding hydrogens is 324 g/mol. The molecule has 0 bridgehead atoms. The van der Waals surface area contributed by atoms with Crippen molar-refractivity contribution in [1.29, 1.82) is 0 Å². The number of thioether (sulfide) groups is 1. The fraction of sp³-hybridized carbons (Fsp3) is 0.222. The van der Waals surface area contributed by atoms with Crippen LogP contribution in [0, 0.1) is 0 Å². The Bertz CT molecular complexity index is 726. The zero-order valence-corrected chi connectivity index (χ0v) is 14.9. The predicted molar refractivity (Wildman–Crippen MR) is 102 cm³/mol. The molecule has 0 aliphatic rings. The molecule has 2 aromatic carbocycles. The van der Waals surface area contributed by atoms with Gasteiger partial charge in [-0.1, -0.05) is 36.4 Å². The van der Waals surface area contributed by atoms with E-state index in [4.69, 9.17) is 0 Å². The summed E-state index contributed by atoms with van der Waals surface area (Å²) in [6, 6.07) is 15.8. The Morgan fingerprint density at radius 1 is 0.957 bits per heavy atom. The van der Waals surface area contributed by atoms with Gasteiger partial charge in [0.25, 0.3) is 0 Å². The molecule has 0 amide bonds. The van der Waals surface area contributed by atoms with E-state index < -0.39 is 10.8 Å². The standard InChI is InChI=1S/C18H20N2OS2/c1-22-17-9-5-3-7-15(17)13-19-11-12-20-14-16-8-4-6-10-18(16)23(2)21/h3-10,13-14H,11-12H2,1-2H3/t23-/m1/s1. The molecule has 1 atom stereocenters. The number of hydrogen-bond acceptors (Lipinski definition) is 4. The van der Waals surface area contributed by atoms with E-state index in [1.165, 1.54) is 4.90 Å². The molecule has 0 aliphatic heterocycles. The zero-order chi connectivity index (χ0) is 16.5. The van der Waals surface area contributed by atoms with Crippen LogP contribution >= 0.6 is 11.8 Å².